The van der Waals surface area contributed by atoms with Crippen LogP contribution in [0.1, 0.15) is 5.56 Å². The number of furan rings is 1. The number of anilines is 1. The molecule has 0 aliphatic heterocycles. The van der Waals surface area contributed by atoms with Crippen LogP contribution in [0.15, 0.2) is 251 Å². The summed E-state index contributed by atoms with van der Waals surface area (Å²) in [5, 5.41) is 14.0. The van der Waals surface area contributed by atoms with E-state index in [0.29, 0.717) is 26.2 Å². The number of methoxy groups -OCH3 is 1. The fourth-order valence-electron chi connectivity index (χ4n) is 7.99. The first-order valence-corrected chi connectivity index (χ1v) is 31.2. The molecular formula is C70H48Br6Ir6N8O4-6. The number of ether oxygens (including phenoxy) is 1. The summed E-state index contributed by atoms with van der Waals surface area (Å²) in [6.07, 6.45) is 10.5. The molecule has 0 spiro atoms. The van der Waals surface area contributed by atoms with E-state index in [-0.39, 0.29) is 126 Å². The summed E-state index contributed by atoms with van der Waals surface area (Å²) >= 11 is 20.3. The second-order valence-corrected chi connectivity index (χ2v) is 23.8. The Hall–Kier alpha value is -4.20. The summed E-state index contributed by atoms with van der Waals surface area (Å²) in [6.45, 7) is 2.02. The van der Waals surface area contributed by atoms with Gasteiger partial charge in [0, 0.05) is 194 Å². The van der Waals surface area contributed by atoms with Crippen molar-refractivity contribution in [2.75, 3.05) is 26.1 Å². The van der Waals surface area contributed by atoms with Gasteiger partial charge in [0.1, 0.15) is 5.75 Å². The summed E-state index contributed by atoms with van der Waals surface area (Å²) in [7, 11) is 5.68. The Morgan fingerprint density at radius 3 is 1.53 bits per heavy atom. The van der Waals surface area contributed by atoms with Gasteiger partial charge in [-0.05, 0) is 76.1 Å². The van der Waals surface area contributed by atoms with Gasteiger partial charge < -0.3 is 44.0 Å². The Morgan fingerprint density at radius 1 is 0.489 bits per heavy atom. The molecule has 0 unspecified atom stereocenters. The predicted octanol–water partition coefficient (Wildman–Crippen LogP) is 20.4. The zero-order valence-electron chi connectivity index (χ0n) is 49.3. The third-order valence-corrected chi connectivity index (χ3v) is 15.1. The Balaban J connectivity index is 0.000000380. The van der Waals surface area contributed by atoms with Gasteiger partial charge in [0.05, 0.1) is 11.8 Å². The largest absolute Gasteiger partial charge is 0.531 e. The van der Waals surface area contributed by atoms with E-state index in [2.05, 4.69) is 191 Å². The molecule has 6 aromatic carbocycles. The van der Waals surface area contributed by atoms with Gasteiger partial charge in [-0.2, -0.15) is 0 Å². The number of halogens is 6. The first kappa shape index (κ1) is 85.9. The van der Waals surface area contributed by atoms with Gasteiger partial charge in [-0.3, -0.25) is 10.1 Å². The van der Waals surface area contributed by atoms with Crippen LogP contribution in [0.2, 0.25) is 0 Å². The number of nitro groups is 1. The van der Waals surface area contributed by atoms with Gasteiger partial charge in [0.15, 0.2) is 5.69 Å². The number of nitrogens with zero attached hydrogens (tertiary/aromatic N) is 8. The molecule has 0 amide bonds. The van der Waals surface area contributed by atoms with Crippen molar-refractivity contribution >= 4 is 129 Å². The van der Waals surface area contributed by atoms with E-state index in [4.69, 9.17) is 9.15 Å². The van der Waals surface area contributed by atoms with Gasteiger partial charge in [-0.15, -0.1) is 136 Å². The van der Waals surface area contributed by atoms with Crippen molar-refractivity contribution in [2.24, 2.45) is 0 Å². The fourth-order valence-corrected chi connectivity index (χ4v) is 10.5. The van der Waals surface area contributed by atoms with Crippen LogP contribution in [0, 0.1) is 53.4 Å². The summed E-state index contributed by atoms with van der Waals surface area (Å²) in [4.78, 5) is 37.8. The Kier molecular flexibility index (Phi) is 40.8. The standard InChI is InChI=1S/C13H12BrN2.C13H7BrN.C12H9BrNO.C12H9BrN.C11H6BrN2O2.C9H5BrNO.6Ir/c1-16(2)12-6-7-15-13(9-12)10-4-3-5-11(14)8-10;14-12-5-1-4-11-10(12)7-6-9-3-2-8-15-13(9)11;1-15-11-5-6-14-12(8-11)9-3-2-4-10(13)7-9;1-9-6-10(8-11(13)7-9)12-4-2-3-5-14-12;12-9-5-8(6-10(7-9)14(15)16)11-3-1-2-4-13-11;10-9-5-4-8(12-9)7-3-1-2-6-11-7;;;;;;/h3,5-9H,1-2H3;1-3,5-8H;2,4-8H,1H3;2-5,7-8H,1H3;1-5,7H;1-3,5-6H;;;;;;/q6*-1;;;;;;. The Labute approximate surface area is 678 Å². The maximum absolute atomic E-state index is 10.7. The van der Waals surface area contributed by atoms with E-state index in [1.54, 1.807) is 56.2 Å². The van der Waals surface area contributed by atoms with Crippen molar-refractivity contribution in [2.45, 2.75) is 6.92 Å². The molecule has 24 heteroatoms. The average molecular weight is 2700 g/mol. The molecule has 0 aliphatic rings. The van der Waals surface area contributed by atoms with Gasteiger partial charge in [-0.1, -0.05) is 203 Å². The topological polar surface area (TPSA) is 146 Å². The van der Waals surface area contributed by atoms with Crippen LogP contribution in [0.4, 0.5) is 11.4 Å². The number of aromatic nitrogens is 6. The van der Waals surface area contributed by atoms with Crippen molar-refractivity contribution in [3.05, 3.63) is 298 Å². The number of aryl methyl sites for hydroxylation is 1. The summed E-state index contributed by atoms with van der Waals surface area (Å²) < 4.78 is 15.9. The normalized spacial score (nSPS) is 9.60. The van der Waals surface area contributed by atoms with Crippen molar-refractivity contribution in [3.63, 3.8) is 0 Å². The molecule has 94 heavy (non-hydrogen) atoms. The van der Waals surface area contributed by atoms with Crippen LogP contribution in [0.3, 0.4) is 0 Å². The number of hydrogen-bond acceptors (Lipinski definition) is 11. The fraction of sp³-hybridized carbons (Fsp3) is 0.0571. The van der Waals surface area contributed by atoms with Crippen LogP contribution < -0.4 is 9.64 Å². The van der Waals surface area contributed by atoms with Gasteiger partial charge in [0.2, 0.25) is 0 Å². The molecule has 7 heterocycles. The third-order valence-electron chi connectivity index (χ3n) is 12.1. The molecule has 12 nitrogen and oxygen atoms in total. The predicted molar refractivity (Wildman–Crippen MR) is 371 cm³/mol. The SMILES string of the molecule is Brc1c[c-]c(-c2ccccn2)o1.Brc1cc[c-]c2c1ccc1cccnc12.CN(C)c1ccnc(-c2[c-]ccc(Br)c2)c1.COc1ccnc(-c2[c-]ccc(Br)c2)c1.Cc1[c-]c(-c2ccccn2)cc(Br)c1.O=[N+]([O-])c1[c-]c(-c2ccccn2)cc(Br)c1.[Ir].[Ir].[Ir].[Ir].[Ir].[Ir]. The van der Waals surface area contributed by atoms with Crippen molar-refractivity contribution in [3.8, 4) is 62.2 Å². The summed E-state index contributed by atoms with van der Waals surface area (Å²) in [5.74, 6) is 1.45. The molecule has 6 radical (unpaired) electrons. The number of benzene rings is 6. The molecule has 13 rings (SSSR count). The molecule has 0 N–H and O–H groups in total. The molecule has 7 aromatic heterocycles. The van der Waals surface area contributed by atoms with Crippen LogP contribution in [0.25, 0.3) is 78.2 Å². The minimum atomic E-state index is -0.475. The molecular weight excluding hydrogens is 2650 g/mol. The Morgan fingerprint density at radius 2 is 1.01 bits per heavy atom. The molecule has 0 saturated carbocycles. The molecule has 0 atom stereocenters. The monoisotopic (exact) mass is 2700 g/mol. The second kappa shape index (κ2) is 44.7. The summed E-state index contributed by atoms with van der Waals surface area (Å²) in [5.41, 5.74) is 11.0. The van der Waals surface area contributed by atoms with Gasteiger partial charge in [-0.25, -0.2) is 0 Å². The summed E-state index contributed by atoms with van der Waals surface area (Å²) in [6, 6.07) is 75.8. The van der Waals surface area contributed by atoms with Crippen molar-refractivity contribution in [1.82, 2.24) is 29.9 Å². The van der Waals surface area contributed by atoms with Gasteiger partial charge >= 0.3 is 0 Å². The quantitative estimate of drug-likeness (QED) is 0.0620. The second-order valence-electron chi connectivity index (χ2n) is 18.5. The first-order valence-electron chi connectivity index (χ1n) is 26.4. The maximum Gasteiger partial charge on any atom is 0.192 e. The number of pyridine rings is 6. The molecule has 0 bridgehead atoms. The van der Waals surface area contributed by atoms with E-state index in [0.717, 1.165) is 96.0 Å². The number of fused-ring (bicyclic) bond motifs is 3. The van der Waals surface area contributed by atoms with Crippen LogP contribution in [0.5, 0.6) is 5.75 Å². The van der Waals surface area contributed by atoms with Crippen molar-refractivity contribution in [1.29, 1.82) is 0 Å². The zero-order chi connectivity index (χ0) is 62.4. The maximum atomic E-state index is 10.7. The number of rotatable bonds is 8. The van der Waals surface area contributed by atoms with Crippen LogP contribution in [-0.4, -0.2) is 56.0 Å². The zero-order valence-corrected chi connectivity index (χ0v) is 73.1. The van der Waals surface area contributed by atoms with Gasteiger partial charge in [0.25, 0.3) is 0 Å². The van der Waals surface area contributed by atoms with E-state index < -0.39 is 4.92 Å². The molecule has 0 fully saturated rings. The number of non-ortho nitro benzene ring substituents is 1. The minimum absolute atomic E-state index is 0. The minimum Gasteiger partial charge on any atom is -0.531 e. The van der Waals surface area contributed by atoms with Crippen molar-refractivity contribution < 1.29 is 135 Å². The average Bonchev–Trinajstić information content (AvgIpc) is 0.922. The third kappa shape index (κ3) is 26.9. The molecule has 0 aliphatic carbocycles. The van der Waals surface area contributed by atoms with Crippen LogP contribution in [-0.2, 0) is 121 Å². The Bertz CT molecular complexity index is 4410. The number of nitro benzene ring substituents is 1. The molecule has 13 aromatic rings. The van der Waals surface area contributed by atoms with E-state index in [1.807, 2.05) is 161 Å². The van der Waals surface area contributed by atoms with E-state index in [9.17, 15) is 10.1 Å². The number of hydrogen-bond donors (Lipinski definition) is 0. The van der Waals surface area contributed by atoms with E-state index >= 15 is 0 Å². The van der Waals surface area contributed by atoms with E-state index in [1.165, 1.54) is 6.07 Å². The molecule has 0 saturated heterocycles. The van der Waals surface area contributed by atoms with Crippen LogP contribution >= 0.6 is 95.6 Å². The molecule has 494 valence electrons. The first-order chi connectivity index (χ1) is 42.6. The smallest absolute Gasteiger partial charge is 0.192 e.